The summed E-state index contributed by atoms with van der Waals surface area (Å²) in [5, 5.41) is 0. The van der Waals surface area contributed by atoms with Crippen LogP contribution in [0.15, 0.2) is 0 Å². The zero-order valence-electron chi connectivity index (χ0n) is 7.83. The maximum Gasteiger partial charge on any atom is 0.276 e. The topological polar surface area (TPSA) is 21.5 Å². The number of hydrogen-bond donors (Lipinski definition) is 0. The summed E-state index contributed by atoms with van der Waals surface area (Å²) in [7, 11) is 4.06. The predicted octanol–water partition coefficient (Wildman–Crippen LogP) is -1.48. The molecule has 2 fully saturated rings. The summed E-state index contributed by atoms with van der Waals surface area (Å²) in [6, 6.07) is 0. The van der Waals surface area contributed by atoms with Crippen molar-refractivity contribution in [2.75, 3.05) is 27.3 Å². The van der Waals surface area contributed by atoms with Crippen LogP contribution >= 0.6 is 39.5 Å². The molecule has 2 heterocycles. The SMILES string of the molecule is C[N+](C)=C1SC2OCCOC2(Br)S1.[Br-]. The average molecular weight is 365 g/mol. The van der Waals surface area contributed by atoms with Crippen molar-refractivity contribution in [3.05, 3.63) is 0 Å². The minimum atomic E-state index is -0.366. The van der Waals surface area contributed by atoms with E-state index in [1.807, 2.05) is 14.1 Å². The van der Waals surface area contributed by atoms with E-state index in [1.54, 1.807) is 23.5 Å². The Kier molecular flexibility index (Phi) is 4.81. The van der Waals surface area contributed by atoms with Crippen LogP contribution in [0, 0.1) is 0 Å². The summed E-state index contributed by atoms with van der Waals surface area (Å²) in [4.78, 5) is 0. The molecule has 2 saturated heterocycles. The van der Waals surface area contributed by atoms with Crippen LogP contribution < -0.4 is 17.0 Å². The van der Waals surface area contributed by atoms with Gasteiger partial charge in [0.15, 0.2) is 5.44 Å². The third-order valence-corrected chi connectivity index (χ3v) is 6.25. The van der Waals surface area contributed by atoms with E-state index in [4.69, 9.17) is 9.47 Å². The molecule has 0 aromatic heterocycles. The first-order valence-corrected chi connectivity index (χ1v) is 6.45. The molecule has 2 unspecified atom stereocenters. The fourth-order valence-electron chi connectivity index (χ4n) is 1.12. The van der Waals surface area contributed by atoms with Gasteiger partial charge in [0.25, 0.3) is 4.38 Å². The number of halogens is 2. The highest BCUT2D eigenvalue weighted by molar-refractivity contribution is 9.12. The molecule has 0 bridgehead atoms. The lowest BCUT2D eigenvalue weighted by Crippen LogP contribution is -3.00. The molecule has 0 spiro atoms. The summed E-state index contributed by atoms with van der Waals surface area (Å²) in [6.07, 6.45) is 0. The first-order valence-electron chi connectivity index (χ1n) is 3.96. The number of fused-ring (bicyclic) bond motifs is 1. The maximum absolute atomic E-state index is 5.66. The lowest BCUT2D eigenvalue weighted by molar-refractivity contribution is -0.458. The van der Waals surface area contributed by atoms with Gasteiger partial charge in [-0.1, -0.05) is 0 Å². The molecular weight excluding hydrogens is 354 g/mol. The van der Waals surface area contributed by atoms with E-state index < -0.39 is 0 Å². The van der Waals surface area contributed by atoms with Gasteiger partial charge in [0.2, 0.25) is 3.84 Å². The Labute approximate surface area is 111 Å². The van der Waals surface area contributed by atoms with Gasteiger partial charge in [-0.3, -0.25) is 0 Å². The summed E-state index contributed by atoms with van der Waals surface area (Å²) in [6.45, 7) is 1.35. The fourth-order valence-corrected chi connectivity index (χ4v) is 5.08. The molecule has 14 heavy (non-hydrogen) atoms. The van der Waals surface area contributed by atoms with Crippen LogP contribution in [-0.2, 0) is 9.47 Å². The van der Waals surface area contributed by atoms with E-state index in [1.165, 1.54) is 4.38 Å². The number of nitrogens with zero attached hydrogens (tertiary/aromatic N) is 1. The van der Waals surface area contributed by atoms with Crippen LogP contribution in [0.25, 0.3) is 0 Å². The first kappa shape index (κ1) is 13.3. The molecule has 0 amide bonds. The summed E-state index contributed by atoms with van der Waals surface area (Å²) < 4.78 is 14.2. The zero-order chi connectivity index (χ0) is 9.47. The number of thioether (sulfide) groups is 2. The molecule has 0 aromatic carbocycles. The first-order chi connectivity index (χ1) is 6.12. The van der Waals surface area contributed by atoms with Crippen LogP contribution in [0.5, 0.6) is 0 Å². The van der Waals surface area contributed by atoms with Crippen LogP contribution in [0.2, 0.25) is 0 Å². The van der Waals surface area contributed by atoms with Gasteiger partial charge in [0.05, 0.1) is 13.2 Å². The predicted molar refractivity (Wildman–Crippen MR) is 59.6 cm³/mol. The third-order valence-electron chi connectivity index (χ3n) is 1.73. The molecule has 0 radical (unpaired) electrons. The summed E-state index contributed by atoms with van der Waals surface area (Å²) in [5.41, 5.74) is 0.0728. The van der Waals surface area contributed by atoms with Gasteiger partial charge in [0, 0.05) is 11.8 Å². The van der Waals surface area contributed by atoms with Gasteiger partial charge in [-0.05, 0) is 27.7 Å². The third kappa shape index (κ3) is 2.49. The van der Waals surface area contributed by atoms with Crippen molar-refractivity contribution in [3.63, 3.8) is 0 Å². The molecular formula is C7H11Br2NO2S2. The quantitative estimate of drug-likeness (QED) is 0.386. The smallest absolute Gasteiger partial charge is 0.276 e. The molecule has 7 heteroatoms. The van der Waals surface area contributed by atoms with Gasteiger partial charge in [0.1, 0.15) is 14.1 Å². The molecule has 0 saturated carbocycles. The Morgan fingerprint density at radius 2 is 2.21 bits per heavy atom. The van der Waals surface area contributed by atoms with Crippen LogP contribution in [0.4, 0.5) is 0 Å². The number of ether oxygens (including phenoxy) is 2. The number of alkyl halides is 1. The highest BCUT2D eigenvalue weighted by Gasteiger charge is 2.53. The number of rotatable bonds is 0. The van der Waals surface area contributed by atoms with Gasteiger partial charge in [-0.2, -0.15) is 0 Å². The number of hydrogen-bond acceptors (Lipinski definition) is 4. The second-order valence-electron chi connectivity index (χ2n) is 3.01. The summed E-state index contributed by atoms with van der Waals surface area (Å²) in [5.74, 6) is 0. The molecule has 82 valence electrons. The molecule has 3 nitrogen and oxygen atoms in total. The zero-order valence-corrected chi connectivity index (χ0v) is 12.6. The van der Waals surface area contributed by atoms with Crippen molar-refractivity contribution in [1.29, 1.82) is 0 Å². The second kappa shape index (κ2) is 5.05. The standard InChI is InChI=1S/C7H11BrNO2S2.BrH/c1-9(2)6-12-5-7(8,13-6)11-4-3-10-5;/h5H,3-4H2,1-2H3;1H/q+1;/p-1. The van der Waals surface area contributed by atoms with Gasteiger partial charge in [-0.25, -0.2) is 4.58 Å². The van der Waals surface area contributed by atoms with Crippen LogP contribution in [0.3, 0.4) is 0 Å². The molecule has 0 aromatic rings. The van der Waals surface area contributed by atoms with E-state index in [2.05, 4.69) is 20.5 Å². The molecule has 2 aliphatic heterocycles. The van der Waals surface area contributed by atoms with Gasteiger partial charge >= 0.3 is 0 Å². The second-order valence-corrected chi connectivity index (χ2v) is 7.22. The Morgan fingerprint density at radius 3 is 2.79 bits per heavy atom. The lowest BCUT2D eigenvalue weighted by atomic mass is 10.6. The monoisotopic (exact) mass is 363 g/mol. The molecule has 0 aliphatic carbocycles. The Bertz CT molecular complexity index is 260. The van der Waals surface area contributed by atoms with E-state index in [-0.39, 0.29) is 26.3 Å². The summed E-state index contributed by atoms with van der Waals surface area (Å²) >= 11 is 6.97. The van der Waals surface area contributed by atoms with Crippen molar-refractivity contribution in [2.45, 2.75) is 9.28 Å². The Hall–Kier alpha value is 1.25. The van der Waals surface area contributed by atoms with Crippen molar-refractivity contribution < 1.29 is 31.0 Å². The van der Waals surface area contributed by atoms with E-state index in [0.717, 1.165) is 0 Å². The fraction of sp³-hybridized carbons (Fsp3) is 0.857. The van der Waals surface area contributed by atoms with E-state index in [9.17, 15) is 0 Å². The lowest BCUT2D eigenvalue weighted by Gasteiger charge is -2.30. The van der Waals surface area contributed by atoms with Crippen molar-refractivity contribution >= 4 is 43.8 Å². The normalized spacial score (nSPS) is 36.2. The largest absolute Gasteiger partial charge is 1.00 e. The molecule has 2 rings (SSSR count). The highest BCUT2D eigenvalue weighted by atomic mass is 79.9. The van der Waals surface area contributed by atoms with Gasteiger partial charge < -0.3 is 26.5 Å². The average Bonchev–Trinajstić information content (AvgIpc) is 2.41. The Balaban J connectivity index is 0.000000980. The molecule has 2 atom stereocenters. The molecule has 2 aliphatic rings. The van der Waals surface area contributed by atoms with Crippen LogP contribution in [0.1, 0.15) is 0 Å². The van der Waals surface area contributed by atoms with E-state index >= 15 is 0 Å². The van der Waals surface area contributed by atoms with Crippen molar-refractivity contribution in [1.82, 2.24) is 0 Å². The van der Waals surface area contributed by atoms with Crippen molar-refractivity contribution in [3.8, 4) is 0 Å². The molecule has 0 N–H and O–H groups in total. The minimum Gasteiger partial charge on any atom is -1.00 e. The van der Waals surface area contributed by atoms with Crippen LogP contribution in [-0.4, -0.2) is 45.5 Å². The van der Waals surface area contributed by atoms with Crippen molar-refractivity contribution in [2.24, 2.45) is 0 Å². The maximum atomic E-state index is 5.66. The van der Waals surface area contributed by atoms with E-state index in [0.29, 0.717) is 13.2 Å². The minimum absolute atomic E-state index is 0. The highest BCUT2D eigenvalue weighted by Crippen LogP contribution is 2.54. The van der Waals surface area contributed by atoms with Gasteiger partial charge in [-0.15, -0.1) is 0 Å². The Morgan fingerprint density at radius 1 is 1.50 bits per heavy atom.